The highest BCUT2D eigenvalue weighted by Crippen LogP contribution is 2.33. The molecule has 5 heteroatoms. The van der Waals surface area contributed by atoms with E-state index in [1.54, 1.807) is 28.6 Å². The SMILES string of the molecule is CC(C)CN(C1CC1)S(=O)(=O)c1ccccc1C#CCN. The fraction of sp³-hybridized carbons (Fsp3) is 0.500. The van der Waals surface area contributed by atoms with Crippen LogP contribution in [-0.4, -0.2) is 31.9 Å². The zero-order chi connectivity index (χ0) is 15.5. The number of nitrogens with zero attached hydrogens (tertiary/aromatic N) is 1. The van der Waals surface area contributed by atoms with Crippen LogP contribution >= 0.6 is 0 Å². The number of sulfonamides is 1. The molecule has 0 aromatic heterocycles. The van der Waals surface area contributed by atoms with Crippen molar-refractivity contribution in [2.24, 2.45) is 11.7 Å². The van der Waals surface area contributed by atoms with Crippen molar-refractivity contribution in [3.05, 3.63) is 29.8 Å². The lowest BCUT2D eigenvalue weighted by Gasteiger charge is -2.24. The quantitative estimate of drug-likeness (QED) is 0.844. The summed E-state index contributed by atoms with van der Waals surface area (Å²) in [6, 6.07) is 7.04. The molecule has 0 spiro atoms. The van der Waals surface area contributed by atoms with Gasteiger partial charge in [0, 0.05) is 18.2 Å². The summed E-state index contributed by atoms with van der Waals surface area (Å²) in [6.45, 7) is 4.83. The minimum Gasteiger partial charge on any atom is -0.320 e. The van der Waals surface area contributed by atoms with Gasteiger partial charge in [0.1, 0.15) is 0 Å². The highest BCUT2D eigenvalue weighted by molar-refractivity contribution is 7.89. The summed E-state index contributed by atoms with van der Waals surface area (Å²) in [5.74, 6) is 5.90. The van der Waals surface area contributed by atoms with Gasteiger partial charge < -0.3 is 5.73 Å². The smallest absolute Gasteiger partial charge is 0.244 e. The molecule has 1 aliphatic carbocycles. The summed E-state index contributed by atoms with van der Waals surface area (Å²) >= 11 is 0. The minimum atomic E-state index is -3.50. The first-order chi connectivity index (χ1) is 9.96. The minimum absolute atomic E-state index is 0.146. The third-order valence-corrected chi connectivity index (χ3v) is 5.27. The second-order valence-electron chi connectivity index (χ2n) is 5.70. The van der Waals surface area contributed by atoms with Crippen LogP contribution in [0.5, 0.6) is 0 Å². The summed E-state index contributed by atoms with van der Waals surface area (Å²) in [6.07, 6.45) is 1.89. The average molecular weight is 306 g/mol. The van der Waals surface area contributed by atoms with Gasteiger partial charge in [-0.1, -0.05) is 37.8 Å². The van der Waals surface area contributed by atoms with Crippen molar-refractivity contribution < 1.29 is 8.42 Å². The molecule has 2 N–H and O–H groups in total. The van der Waals surface area contributed by atoms with Crippen LogP contribution in [0.1, 0.15) is 32.3 Å². The van der Waals surface area contributed by atoms with E-state index in [1.807, 2.05) is 13.8 Å². The molecule has 1 fully saturated rings. The molecule has 1 aromatic rings. The van der Waals surface area contributed by atoms with Gasteiger partial charge in [-0.15, -0.1) is 0 Å². The lowest BCUT2D eigenvalue weighted by Crippen LogP contribution is -2.36. The van der Waals surface area contributed by atoms with Crippen LogP contribution in [0, 0.1) is 17.8 Å². The standard InChI is InChI=1S/C16H22N2O2S/c1-13(2)12-18(15-9-10-15)21(19,20)16-8-4-3-6-14(16)7-5-11-17/h3-4,6,8,13,15H,9-12,17H2,1-2H3. The predicted molar refractivity (Wildman–Crippen MR) is 84.1 cm³/mol. The van der Waals surface area contributed by atoms with E-state index in [9.17, 15) is 8.42 Å². The van der Waals surface area contributed by atoms with Gasteiger partial charge in [-0.25, -0.2) is 8.42 Å². The zero-order valence-corrected chi connectivity index (χ0v) is 13.4. The Bertz CT molecular complexity index is 652. The van der Waals surface area contributed by atoms with Crippen molar-refractivity contribution in [2.45, 2.75) is 37.6 Å². The van der Waals surface area contributed by atoms with Gasteiger partial charge in [0.15, 0.2) is 0 Å². The van der Waals surface area contributed by atoms with Gasteiger partial charge in [0.25, 0.3) is 0 Å². The van der Waals surface area contributed by atoms with E-state index in [2.05, 4.69) is 11.8 Å². The first-order valence-electron chi connectivity index (χ1n) is 7.26. The van der Waals surface area contributed by atoms with Crippen molar-refractivity contribution in [1.82, 2.24) is 4.31 Å². The molecule has 0 bridgehead atoms. The Labute approximate surface area is 127 Å². The van der Waals surface area contributed by atoms with Crippen LogP contribution in [0.4, 0.5) is 0 Å². The first-order valence-corrected chi connectivity index (χ1v) is 8.70. The largest absolute Gasteiger partial charge is 0.320 e. The summed E-state index contributed by atoms with van der Waals surface area (Å²) in [5, 5.41) is 0. The summed E-state index contributed by atoms with van der Waals surface area (Å²) in [4.78, 5) is 0.290. The van der Waals surface area contributed by atoms with Crippen LogP contribution in [0.15, 0.2) is 29.2 Å². The first kappa shape index (κ1) is 16.0. The maximum atomic E-state index is 13.0. The second kappa shape index (κ2) is 6.61. The molecule has 114 valence electrons. The average Bonchev–Trinajstić information content (AvgIpc) is 3.27. The molecule has 1 aromatic carbocycles. The topological polar surface area (TPSA) is 63.4 Å². The Morgan fingerprint density at radius 2 is 2.00 bits per heavy atom. The van der Waals surface area contributed by atoms with E-state index in [0.717, 1.165) is 12.8 Å². The predicted octanol–water partition coefficient (Wildman–Crippen LogP) is 1.81. The van der Waals surface area contributed by atoms with E-state index in [-0.39, 0.29) is 12.6 Å². The molecule has 0 heterocycles. The summed E-state index contributed by atoms with van der Waals surface area (Å²) < 4.78 is 27.6. The maximum Gasteiger partial charge on any atom is 0.244 e. The molecular weight excluding hydrogens is 284 g/mol. The fourth-order valence-electron chi connectivity index (χ4n) is 2.23. The van der Waals surface area contributed by atoms with Gasteiger partial charge in [-0.05, 0) is 30.9 Å². The number of hydrogen-bond acceptors (Lipinski definition) is 3. The van der Waals surface area contributed by atoms with E-state index in [1.165, 1.54) is 0 Å². The molecule has 0 amide bonds. The maximum absolute atomic E-state index is 13.0. The molecule has 0 aliphatic heterocycles. The van der Waals surface area contributed by atoms with Crippen LogP contribution < -0.4 is 5.73 Å². The summed E-state index contributed by atoms with van der Waals surface area (Å²) in [7, 11) is -3.50. The van der Waals surface area contributed by atoms with Gasteiger partial charge in [-0.3, -0.25) is 0 Å². The van der Waals surface area contributed by atoms with E-state index in [4.69, 9.17) is 5.73 Å². The molecule has 1 aliphatic rings. The number of hydrogen-bond donors (Lipinski definition) is 1. The van der Waals surface area contributed by atoms with Gasteiger partial charge >= 0.3 is 0 Å². The van der Waals surface area contributed by atoms with Crippen molar-refractivity contribution in [2.75, 3.05) is 13.1 Å². The molecule has 4 nitrogen and oxygen atoms in total. The number of nitrogens with two attached hydrogens (primary N) is 1. The van der Waals surface area contributed by atoms with Crippen LogP contribution in [0.2, 0.25) is 0 Å². The zero-order valence-electron chi connectivity index (χ0n) is 12.5. The third kappa shape index (κ3) is 3.85. The Morgan fingerprint density at radius 3 is 2.57 bits per heavy atom. The highest BCUT2D eigenvalue weighted by Gasteiger charge is 2.38. The molecule has 2 rings (SSSR count). The molecule has 1 saturated carbocycles. The summed E-state index contributed by atoms with van der Waals surface area (Å²) in [5.41, 5.74) is 5.91. The molecule has 0 saturated heterocycles. The number of benzene rings is 1. The van der Waals surface area contributed by atoms with Crippen molar-refractivity contribution in [3.8, 4) is 11.8 Å². The second-order valence-corrected chi connectivity index (χ2v) is 7.56. The molecule has 21 heavy (non-hydrogen) atoms. The lowest BCUT2D eigenvalue weighted by molar-refractivity contribution is 0.360. The van der Waals surface area contributed by atoms with E-state index < -0.39 is 10.0 Å². The Kier molecular flexibility index (Phi) is 5.04. The van der Waals surface area contributed by atoms with Crippen LogP contribution in [0.25, 0.3) is 0 Å². The van der Waals surface area contributed by atoms with Crippen molar-refractivity contribution >= 4 is 10.0 Å². The van der Waals surface area contributed by atoms with Crippen LogP contribution in [0.3, 0.4) is 0 Å². The Balaban J connectivity index is 2.42. The molecule has 0 unspecified atom stereocenters. The monoisotopic (exact) mass is 306 g/mol. The molecular formula is C16H22N2O2S. The van der Waals surface area contributed by atoms with E-state index >= 15 is 0 Å². The highest BCUT2D eigenvalue weighted by atomic mass is 32.2. The number of rotatable bonds is 5. The van der Waals surface area contributed by atoms with Crippen molar-refractivity contribution in [1.29, 1.82) is 0 Å². The lowest BCUT2D eigenvalue weighted by atomic mass is 10.2. The van der Waals surface area contributed by atoms with Gasteiger partial charge in [-0.2, -0.15) is 4.31 Å². The fourth-order valence-corrected chi connectivity index (χ4v) is 4.23. The molecule has 0 radical (unpaired) electrons. The normalized spacial score (nSPS) is 15.1. The Hall–Kier alpha value is -1.35. The van der Waals surface area contributed by atoms with Crippen molar-refractivity contribution in [3.63, 3.8) is 0 Å². The van der Waals surface area contributed by atoms with Gasteiger partial charge in [0.2, 0.25) is 10.0 Å². The van der Waals surface area contributed by atoms with E-state index in [0.29, 0.717) is 22.9 Å². The molecule has 0 atom stereocenters. The van der Waals surface area contributed by atoms with Crippen LogP contribution in [-0.2, 0) is 10.0 Å². The van der Waals surface area contributed by atoms with Gasteiger partial charge in [0.05, 0.1) is 11.4 Å². The Morgan fingerprint density at radius 1 is 1.33 bits per heavy atom. The third-order valence-electron chi connectivity index (χ3n) is 3.30.